The van der Waals surface area contributed by atoms with Gasteiger partial charge in [0, 0.05) is 5.92 Å². The third-order valence-electron chi connectivity index (χ3n) is 6.28. The predicted octanol–water partition coefficient (Wildman–Crippen LogP) is 4.95. The molecular weight excluding hydrogens is 360 g/mol. The number of ether oxygens (including phenoxy) is 1. The van der Waals surface area contributed by atoms with Crippen LogP contribution in [0.4, 0.5) is 0 Å². The molecule has 0 aromatic heterocycles. The standard InChI is InChI=1S/C22H38O4S/c1-4-5-6-10-15-27(25)16-18-17(19-12-13-20(18)26-19)11-8-7-9-14-22(2,3)21(23)24/h7-8,17-20H,4-6,9-16H2,1-3H3,(H,23,24)/b8-7-/t17-,18+,19-,20+,27?/m0/s1. The number of hydrogen-bond donors (Lipinski definition) is 1. The Labute approximate surface area is 168 Å². The van der Waals surface area contributed by atoms with E-state index in [9.17, 15) is 14.5 Å². The van der Waals surface area contributed by atoms with Crippen molar-refractivity contribution in [3.63, 3.8) is 0 Å². The summed E-state index contributed by atoms with van der Waals surface area (Å²) < 4.78 is 18.7. The van der Waals surface area contributed by atoms with Gasteiger partial charge in [0.25, 0.3) is 0 Å². The van der Waals surface area contributed by atoms with Crippen LogP contribution >= 0.6 is 0 Å². The molecule has 2 bridgehead atoms. The highest BCUT2D eigenvalue weighted by molar-refractivity contribution is 7.91. The van der Waals surface area contributed by atoms with E-state index in [1.54, 1.807) is 13.8 Å². The summed E-state index contributed by atoms with van der Waals surface area (Å²) in [5, 5.41) is 9.18. The largest absolute Gasteiger partial charge is 0.616 e. The minimum absolute atomic E-state index is 0.305. The van der Waals surface area contributed by atoms with E-state index < -0.39 is 22.6 Å². The maximum Gasteiger partial charge on any atom is 0.309 e. The second-order valence-electron chi connectivity index (χ2n) is 8.92. The second-order valence-corrected chi connectivity index (χ2v) is 10.5. The average Bonchev–Trinajstić information content (AvgIpc) is 3.20. The van der Waals surface area contributed by atoms with E-state index in [1.807, 2.05) is 0 Å². The van der Waals surface area contributed by atoms with E-state index in [2.05, 4.69) is 19.1 Å². The highest BCUT2D eigenvalue weighted by Crippen LogP contribution is 2.45. The van der Waals surface area contributed by atoms with Gasteiger partial charge in [-0.1, -0.05) is 43.1 Å². The molecule has 0 aliphatic carbocycles. The molecule has 2 heterocycles. The van der Waals surface area contributed by atoms with Crippen molar-refractivity contribution in [1.82, 2.24) is 0 Å². The lowest BCUT2D eigenvalue weighted by Crippen LogP contribution is -2.33. The van der Waals surface area contributed by atoms with Crippen LogP contribution in [-0.4, -0.2) is 39.3 Å². The van der Waals surface area contributed by atoms with Gasteiger partial charge in [-0.15, -0.1) is 0 Å². The SMILES string of the molecule is CCCCCC[S+]([O-])C[C@@H]1[C@H](C/C=C\CCC(C)(C)C(=O)O)[C@@H]2CC[C@H]1O2. The number of carboxylic acids is 1. The molecule has 27 heavy (non-hydrogen) atoms. The van der Waals surface area contributed by atoms with Gasteiger partial charge < -0.3 is 14.4 Å². The molecule has 2 saturated heterocycles. The maximum absolute atomic E-state index is 12.5. The van der Waals surface area contributed by atoms with Crippen LogP contribution in [-0.2, 0) is 20.7 Å². The maximum atomic E-state index is 12.5. The van der Waals surface area contributed by atoms with Crippen molar-refractivity contribution in [2.45, 2.75) is 90.8 Å². The van der Waals surface area contributed by atoms with Gasteiger partial charge in [0.15, 0.2) is 0 Å². The lowest BCUT2D eigenvalue weighted by atomic mass is 9.78. The van der Waals surface area contributed by atoms with Crippen molar-refractivity contribution in [3.8, 4) is 0 Å². The Bertz CT molecular complexity index is 491. The summed E-state index contributed by atoms with van der Waals surface area (Å²) in [6.45, 7) is 5.75. The smallest absolute Gasteiger partial charge is 0.309 e. The molecule has 2 aliphatic heterocycles. The fourth-order valence-electron chi connectivity index (χ4n) is 4.34. The molecule has 5 heteroatoms. The van der Waals surface area contributed by atoms with Gasteiger partial charge in [-0.3, -0.25) is 4.79 Å². The first-order valence-corrected chi connectivity index (χ1v) is 12.2. The highest BCUT2D eigenvalue weighted by Gasteiger charge is 2.49. The van der Waals surface area contributed by atoms with Crippen molar-refractivity contribution in [3.05, 3.63) is 12.2 Å². The van der Waals surface area contributed by atoms with E-state index in [0.717, 1.165) is 43.6 Å². The van der Waals surface area contributed by atoms with Gasteiger partial charge in [-0.2, -0.15) is 0 Å². The summed E-state index contributed by atoms with van der Waals surface area (Å²) in [4.78, 5) is 11.2. The van der Waals surface area contributed by atoms with Crippen molar-refractivity contribution >= 4 is 17.1 Å². The molecule has 156 valence electrons. The van der Waals surface area contributed by atoms with Crippen LogP contribution in [0, 0.1) is 17.3 Å². The van der Waals surface area contributed by atoms with Gasteiger partial charge in [-0.05, 0) is 64.7 Å². The number of aliphatic carboxylic acids is 1. The molecule has 4 nitrogen and oxygen atoms in total. The molecule has 2 fully saturated rings. The summed E-state index contributed by atoms with van der Waals surface area (Å²) in [5.74, 6) is 1.79. The zero-order valence-electron chi connectivity index (χ0n) is 17.3. The van der Waals surface area contributed by atoms with Crippen LogP contribution in [0.1, 0.15) is 78.6 Å². The van der Waals surface area contributed by atoms with Crippen LogP contribution in [0.3, 0.4) is 0 Å². The lowest BCUT2D eigenvalue weighted by molar-refractivity contribution is -0.147. The van der Waals surface area contributed by atoms with Gasteiger partial charge in [0.2, 0.25) is 0 Å². The van der Waals surface area contributed by atoms with Crippen molar-refractivity contribution < 1.29 is 19.2 Å². The lowest BCUT2D eigenvalue weighted by Gasteiger charge is -2.27. The first kappa shape index (κ1) is 22.8. The van der Waals surface area contributed by atoms with Gasteiger partial charge in [0.1, 0.15) is 11.5 Å². The first-order chi connectivity index (χ1) is 12.8. The van der Waals surface area contributed by atoms with E-state index in [-0.39, 0.29) is 0 Å². The Morgan fingerprint density at radius 1 is 1.19 bits per heavy atom. The molecule has 0 spiro atoms. The van der Waals surface area contributed by atoms with Crippen molar-refractivity contribution in [2.24, 2.45) is 17.3 Å². The van der Waals surface area contributed by atoms with Crippen LogP contribution in [0.15, 0.2) is 12.2 Å². The molecule has 0 aromatic rings. The monoisotopic (exact) mass is 398 g/mol. The number of hydrogen-bond acceptors (Lipinski definition) is 3. The van der Waals surface area contributed by atoms with Gasteiger partial charge in [0.05, 0.1) is 17.6 Å². The molecule has 0 aromatic carbocycles. The molecule has 1 N–H and O–H groups in total. The molecule has 2 rings (SSSR count). The van der Waals surface area contributed by atoms with E-state index in [4.69, 9.17) is 4.74 Å². The molecular formula is C22H38O4S. The van der Waals surface area contributed by atoms with E-state index in [0.29, 0.717) is 30.5 Å². The zero-order valence-corrected chi connectivity index (χ0v) is 18.1. The molecule has 0 amide bonds. The number of allylic oxidation sites excluding steroid dienone is 2. The molecule has 0 radical (unpaired) electrons. The third-order valence-corrected chi connectivity index (χ3v) is 7.78. The van der Waals surface area contributed by atoms with Crippen LogP contribution in [0.2, 0.25) is 0 Å². The quantitative estimate of drug-likeness (QED) is 0.271. The first-order valence-electron chi connectivity index (χ1n) is 10.7. The fraction of sp³-hybridized carbons (Fsp3) is 0.864. The fourth-order valence-corrected chi connectivity index (χ4v) is 5.92. The van der Waals surface area contributed by atoms with Gasteiger partial charge in [-0.25, -0.2) is 0 Å². The number of carbonyl (C=O) groups is 1. The minimum Gasteiger partial charge on any atom is -0.616 e. The molecule has 5 atom stereocenters. The summed E-state index contributed by atoms with van der Waals surface area (Å²) in [5.41, 5.74) is -0.670. The number of fused-ring (bicyclic) bond motifs is 2. The minimum atomic E-state index is -0.737. The predicted molar refractivity (Wildman–Crippen MR) is 111 cm³/mol. The van der Waals surface area contributed by atoms with E-state index in [1.165, 1.54) is 19.3 Å². The Balaban J connectivity index is 1.77. The number of carboxylic acid groups (broad SMARTS) is 1. The summed E-state index contributed by atoms with van der Waals surface area (Å²) in [6, 6.07) is 0. The molecule has 1 unspecified atom stereocenters. The topological polar surface area (TPSA) is 69.6 Å². The van der Waals surface area contributed by atoms with Crippen LogP contribution < -0.4 is 0 Å². The average molecular weight is 399 g/mol. The normalized spacial score (nSPS) is 28.9. The van der Waals surface area contributed by atoms with Crippen LogP contribution in [0.25, 0.3) is 0 Å². The number of unbranched alkanes of at least 4 members (excludes halogenated alkanes) is 3. The summed E-state index contributed by atoms with van der Waals surface area (Å²) in [7, 11) is 0. The second kappa shape index (κ2) is 10.9. The number of rotatable bonds is 13. The van der Waals surface area contributed by atoms with Crippen LogP contribution in [0.5, 0.6) is 0 Å². The summed E-state index contributed by atoms with van der Waals surface area (Å²) >= 11 is -0.731. The Morgan fingerprint density at radius 2 is 1.89 bits per heavy atom. The van der Waals surface area contributed by atoms with Crippen molar-refractivity contribution in [2.75, 3.05) is 11.5 Å². The Morgan fingerprint density at radius 3 is 2.56 bits per heavy atom. The van der Waals surface area contributed by atoms with Gasteiger partial charge >= 0.3 is 5.97 Å². The third kappa shape index (κ3) is 6.79. The highest BCUT2D eigenvalue weighted by atomic mass is 32.2. The Kier molecular flexibility index (Phi) is 9.17. The Hall–Kier alpha value is -0.520. The van der Waals surface area contributed by atoms with Crippen molar-refractivity contribution in [1.29, 1.82) is 0 Å². The molecule has 2 aliphatic rings. The zero-order chi connectivity index (χ0) is 19.9. The molecule has 0 saturated carbocycles. The summed E-state index contributed by atoms with van der Waals surface area (Å²) in [6.07, 6.45) is 14.3. The van der Waals surface area contributed by atoms with E-state index >= 15 is 0 Å².